The fourth-order valence-electron chi connectivity index (χ4n) is 3.60. The number of rotatable bonds is 6. The number of ether oxygens (including phenoxy) is 1. The molecule has 5 heteroatoms. The largest absolute Gasteiger partial charge is 0.489 e. The van der Waals surface area contributed by atoms with Gasteiger partial charge in [-0.15, -0.1) is 0 Å². The molecule has 4 rings (SSSR count). The molecule has 0 spiro atoms. The number of carbonyl (C=O) groups excluding carboxylic acids is 1. The van der Waals surface area contributed by atoms with Crippen LogP contribution in [0.15, 0.2) is 65.4 Å². The Morgan fingerprint density at radius 3 is 2.57 bits per heavy atom. The molecule has 0 N–H and O–H groups in total. The van der Waals surface area contributed by atoms with Crippen LogP contribution in [0.5, 0.6) is 5.75 Å². The van der Waals surface area contributed by atoms with Gasteiger partial charge in [0.15, 0.2) is 0 Å². The normalized spacial score (nSPS) is 16.3. The topological polar surface area (TPSA) is 55.6 Å². The SMILES string of the molecule is Cc1ccc(OCc2ccc(CC(=O)N3CCCC3c3ccon3)cc2)cc1. The predicted molar refractivity (Wildman–Crippen MR) is 106 cm³/mol. The zero-order valence-corrected chi connectivity index (χ0v) is 16.0. The monoisotopic (exact) mass is 376 g/mol. The molecule has 1 fully saturated rings. The second-order valence-corrected chi connectivity index (χ2v) is 7.26. The average molecular weight is 376 g/mol. The van der Waals surface area contributed by atoms with E-state index in [0.717, 1.165) is 42.0 Å². The number of hydrogen-bond acceptors (Lipinski definition) is 4. The maximum Gasteiger partial charge on any atom is 0.227 e. The minimum absolute atomic E-state index is 0.0356. The molecule has 3 aromatic rings. The van der Waals surface area contributed by atoms with Crippen molar-refractivity contribution in [2.75, 3.05) is 6.54 Å². The molecule has 5 nitrogen and oxygen atoms in total. The lowest BCUT2D eigenvalue weighted by Gasteiger charge is -2.23. The van der Waals surface area contributed by atoms with Gasteiger partial charge in [0, 0.05) is 12.6 Å². The van der Waals surface area contributed by atoms with E-state index >= 15 is 0 Å². The van der Waals surface area contributed by atoms with E-state index in [9.17, 15) is 4.79 Å². The van der Waals surface area contributed by atoms with Crippen LogP contribution in [0.3, 0.4) is 0 Å². The Labute approximate surface area is 164 Å². The second kappa shape index (κ2) is 8.30. The van der Waals surface area contributed by atoms with Gasteiger partial charge in [0.25, 0.3) is 0 Å². The van der Waals surface area contributed by atoms with E-state index in [-0.39, 0.29) is 11.9 Å². The number of amides is 1. The molecular weight excluding hydrogens is 352 g/mol. The van der Waals surface area contributed by atoms with Gasteiger partial charge < -0.3 is 14.2 Å². The lowest BCUT2D eigenvalue weighted by Crippen LogP contribution is -2.32. The zero-order chi connectivity index (χ0) is 19.3. The maximum absolute atomic E-state index is 12.8. The smallest absolute Gasteiger partial charge is 0.227 e. The Morgan fingerprint density at radius 2 is 1.86 bits per heavy atom. The maximum atomic E-state index is 12.8. The first-order chi connectivity index (χ1) is 13.7. The summed E-state index contributed by atoms with van der Waals surface area (Å²) >= 11 is 0. The molecule has 0 bridgehead atoms. The highest BCUT2D eigenvalue weighted by atomic mass is 16.5. The Balaban J connectivity index is 1.33. The molecule has 0 radical (unpaired) electrons. The standard InChI is InChI=1S/C23H24N2O3/c1-17-4-10-20(11-5-17)27-16-19-8-6-18(7-9-19)15-23(26)25-13-2-3-22(25)21-12-14-28-24-21/h4-12,14,22H,2-3,13,15-16H2,1H3. The molecular formula is C23H24N2O3. The summed E-state index contributed by atoms with van der Waals surface area (Å²) in [4.78, 5) is 14.7. The summed E-state index contributed by atoms with van der Waals surface area (Å²) in [6, 6.07) is 18.0. The van der Waals surface area contributed by atoms with Gasteiger partial charge in [-0.2, -0.15) is 0 Å². The third-order valence-corrected chi connectivity index (χ3v) is 5.18. The fourth-order valence-corrected chi connectivity index (χ4v) is 3.60. The van der Waals surface area contributed by atoms with Crippen molar-refractivity contribution in [1.29, 1.82) is 0 Å². The zero-order valence-electron chi connectivity index (χ0n) is 16.0. The average Bonchev–Trinajstić information content (AvgIpc) is 3.40. The molecule has 144 valence electrons. The Hall–Kier alpha value is -3.08. The van der Waals surface area contributed by atoms with Crippen molar-refractivity contribution in [3.05, 3.63) is 83.2 Å². The van der Waals surface area contributed by atoms with E-state index in [1.165, 1.54) is 5.56 Å². The first-order valence-corrected chi connectivity index (χ1v) is 9.66. The minimum Gasteiger partial charge on any atom is -0.489 e. The summed E-state index contributed by atoms with van der Waals surface area (Å²) in [6.07, 6.45) is 3.90. The Bertz CT molecular complexity index is 902. The molecule has 1 saturated heterocycles. The van der Waals surface area contributed by atoms with E-state index < -0.39 is 0 Å². The number of hydrogen-bond donors (Lipinski definition) is 0. The van der Waals surface area contributed by atoms with E-state index in [4.69, 9.17) is 9.26 Å². The summed E-state index contributed by atoms with van der Waals surface area (Å²) in [5, 5.41) is 4.02. The Kier molecular flexibility index (Phi) is 5.42. The summed E-state index contributed by atoms with van der Waals surface area (Å²) in [5.74, 6) is 0.993. The van der Waals surface area contributed by atoms with Crippen LogP contribution in [0, 0.1) is 6.92 Å². The van der Waals surface area contributed by atoms with Crippen LogP contribution >= 0.6 is 0 Å². The van der Waals surface area contributed by atoms with Crippen molar-refractivity contribution in [1.82, 2.24) is 10.1 Å². The lowest BCUT2D eigenvalue weighted by molar-refractivity contribution is -0.131. The number of carbonyl (C=O) groups is 1. The molecule has 1 unspecified atom stereocenters. The molecule has 2 aromatic carbocycles. The van der Waals surface area contributed by atoms with Crippen molar-refractivity contribution >= 4 is 5.91 Å². The van der Waals surface area contributed by atoms with Crippen LogP contribution in [0.25, 0.3) is 0 Å². The summed E-state index contributed by atoms with van der Waals surface area (Å²) in [6.45, 7) is 3.34. The van der Waals surface area contributed by atoms with Gasteiger partial charge in [-0.05, 0) is 43.0 Å². The second-order valence-electron chi connectivity index (χ2n) is 7.26. The van der Waals surface area contributed by atoms with Crippen LogP contribution in [-0.2, 0) is 17.8 Å². The molecule has 0 aliphatic carbocycles. The third kappa shape index (κ3) is 4.25. The highest BCUT2D eigenvalue weighted by Gasteiger charge is 2.31. The van der Waals surface area contributed by atoms with Crippen molar-refractivity contribution in [3.8, 4) is 5.75 Å². The highest BCUT2D eigenvalue weighted by molar-refractivity contribution is 5.79. The van der Waals surface area contributed by atoms with E-state index in [1.807, 2.05) is 59.5 Å². The van der Waals surface area contributed by atoms with E-state index in [2.05, 4.69) is 12.1 Å². The predicted octanol–water partition coefficient (Wildman–Crippen LogP) is 4.47. The van der Waals surface area contributed by atoms with Gasteiger partial charge >= 0.3 is 0 Å². The van der Waals surface area contributed by atoms with Crippen LogP contribution in [0.1, 0.15) is 41.3 Å². The lowest BCUT2D eigenvalue weighted by atomic mass is 10.1. The molecule has 28 heavy (non-hydrogen) atoms. The molecule has 1 aliphatic heterocycles. The van der Waals surface area contributed by atoms with Crippen LogP contribution in [-0.4, -0.2) is 22.5 Å². The molecule has 1 aliphatic rings. The molecule has 1 amide bonds. The number of nitrogens with zero attached hydrogens (tertiary/aromatic N) is 2. The summed E-state index contributed by atoms with van der Waals surface area (Å²) in [5.41, 5.74) is 4.15. The van der Waals surface area contributed by atoms with Crippen LogP contribution < -0.4 is 4.74 Å². The number of aryl methyl sites for hydroxylation is 1. The van der Waals surface area contributed by atoms with Gasteiger partial charge in [0.05, 0.1) is 12.5 Å². The first-order valence-electron chi connectivity index (χ1n) is 9.66. The number of benzene rings is 2. The Morgan fingerprint density at radius 1 is 1.11 bits per heavy atom. The van der Waals surface area contributed by atoms with E-state index in [1.54, 1.807) is 6.26 Å². The van der Waals surface area contributed by atoms with Gasteiger partial charge in [0.1, 0.15) is 24.3 Å². The van der Waals surface area contributed by atoms with Crippen molar-refractivity contribution < 1.29 is 14.1 Å². The van der Waals surface area contributed by atoms with Crippen molar-refractivity contribution in [3.63, 3.8) is 0 Å². The van der Waals surface area contributed by atoms with Crippen molar-refractivity contribution in [2.45, 2.75) is 38.8 Å². The molecule has 1 atom stereocenters. The van der Waals surface area contributed by atoms with Crippen molar-refractivity contribution in [2.24, 2.45) is 0 Å². The third-order valence-electron chi connectivity index (χ3n) is 5.18. The highest BCUT2D eigenvalue weighted by Crippen LogP contribution is 2.31. The fraction of sp³-hybridized carbons (Fsp3) is 0.304. The molecule has 2 heterocycles. The number of aromatic nitrogens is 1. The van der Waals surface area contributed by atoms with Gasteiger partial charge in [-0.3, -0.25) is 4.79 Å². The quantitative estimate of drug-likeness (QED) is 0.637. The first kappa shape index (κ1) is 18.3. The van der Waals surface area contributed by atoms with Gasteiger partial charge in [-0.25, -0.2) is 0 Å². The van der Waals surface area contributed by atoms with Crippen LogP contribution in [0.4, 0.5) is 0 Å². The summed E-state index contributed by atoms with van der Waals surface area (Å²) < 4.78 is 10.8. The molecule has 1 aromatic heterocycles. The molecule has 0 saturated carbocycles. The minimum atomic E-state index is 0.0356. The van der Waals surface area contributed by atoms with Gasteiger partial charge in [-0.1, -0.05) is 47.1 Å². The number of likely N-dealkylation sites (tertiary alicyclic amines) is 1. The van der Waals surface area contributed by atoms with Crippen LogP contribution in [0.2, 0.25) is 0 Å². The van der Waals surface area contributed by atoms with Gasteiger partial charge in [0.2, 0.25) is 5.91 Å². The summed E-state index contributed by atoms with van der Waals surface area (Å²) in [7, 11) is 0. The van der Waals surface area contributed by atoms with E-state index in [0.29, 0.717) is 13.0 Å².